The minimum absolute atomic E-state index is 0.0381. The van der Waals surface area contributed by atoms with Gasteiger partial charge in [-0.15, -0.1) is 0 Å². The molecule has 0 radical (unpaired) electrons. The maximum atomic E-state index is 14.2. The highest BCUT2D eigenvalue weighted by molar-refractivity contribution is 5.83. The Morgan fingerprint density at radius 2 is 1.63 bits per heavy atom. The van der Waals surface area contributed by atoms with Gasteiger partial charge >= 0.3 is 12.1 Å². The van der Waals surface area contributed by atoms with Gasteiger partial charge in [-0.2, -0.15) is 0 Å². The summed E-state index contributed by atoms with van der Waals surface area (Å²) in [6, 6.07) is 15.6. The molecule has 10 heteroatoms. The highest BCUT2D eigenvalue weighted by atomic mass is 19.3. The zero-order chi connectivity index (χ0) is 24.7. The van der Waals surface area contributed by atoms with E-state index in [9.17, 15) is 23.2 Å². The van der Waals surface area contributed by atoms with Gasteiger partial charge in [-0.05, 0) is 41.0 Å². The largest absolute Gasteiger partial charge is 0.479 e. The van der Waals surface area contributed by atoms with E-state index in [1.807, 2.05) is 54.0 Å². The minimum atomic E-state index is -3.34. The summed E-state index contributed by atoms with van der Waals surface area (Å²) in [6.07, 6.45) is -0.841. The van der Waals surface area contributed by atoms with Gasteiger partial charge in [0.15, 0.2) is 6.10 Å². The monoisotopic (exact) mass is 486 g/mol. The summed E-state index contributed by atoms with van der Waals surface area (Å²) in [5.41, 5.74) is 6.04. The topological polar surface area (TPSA) is 114 Å². The molecule has 2 aromatic rings. The number of fused-ring (bicyclic) bond motifs is 3. The van der Waals surface area contributed by atoms with Crippen LogP contribution in [0, 0.1) is 17.8 Å². The Bertz CT molecular complexity index is 1120. The van der Waals surface area contributed by atoms with Crippen LogP contribution in [0.15, 0.2) is 48.5 Å². The maximum absolute atomic E-state index is 14.2. The Morgan fingerprint density at radius 1 is 1.03 bits per heavy atom. The predicted octanol–water partition coefficient (Wildman–Crippen LogP) is 3.32. The summed E-state index contributed by atoms with van der Waals surface area (Å²) in [5, 5.41) is 11.4. The molecule has 0 bridgehead atoms. The zero-order valence-corrected chi connectivity index (χ0v) is 18.6. The summed E-state index contributed by atoms with van der Waals surface area (Å²) in [4.78, 5) is 40.4. The third-order valence-corrected chi connectivity index (χ3v) is 6.87. The number of carbonyl (C=O) groups is 3. The number of carboxylic acid groups (broad SMARTS) is 1. The minimum Gasteiger partial charge on any atom is -0.479 e. The molecule has 5 rings (SSSR count). The van der Waals surface area contributed by atoms with Crippen LogP contribution in [0.1, 0.15) is 29.9 Å². The van der Waals surface area contributed by atoms with Crippen LogP contribution in [-0.4, -0.2) is 48.3 Å². The second-order valence-corrected chi connectivity index (χ2v) is 9.15. The van der Waals surface area contributed by atoms with Crippen molar-refractivity contribution in [2.24, 2.45) is 17.8 Å². The van der Waals surface area contributed by atoms with E-state index in [1.165, 1.54) is 0 Å². The van der Waals surface area contributed by atoms with E-state index in [2.05, 4.69) is 5.32 Å². The van der Waals surface area contributed by atoms with Gasteiger partial charge in [0.1, 0.15) is 12.5 Å². The van der Waals surface area contributed by atoms with Crippen molar-refractivity contribution in [3.8, 4) is 11.1 Å². The number of alkyl halides is 2. The molecular formula is C25H24F2N2O6. The second-order valence-electron chi connectivity index (χ2n) is 9.15. The van der Waals surface area contributed by atoms with Crippen LogP contribution in [0.2, 0.25) is 0 Å². The molecule has 2 saturated carbocycles. The van der Waals surface area contributed by atoms with Crippen molar-refractivity contribution in [3.63, 3.8) is 0 Å². The fourth-order valence-electron chi connectivity index (χ4n) is 4.78. The SMILES string of the molecule is O=C(NC[C@H]1[C@@H](C(=O)NOC(C(=O)O)C2CC2)C1(F)F)OCC1c2ccccc2-c2ccccc21. The van der Waals surface area contributed by atoms with E-state index < -0.39 is 48.4 Å². The lowest BCUT2D eigenvalue weighted by molar-refractivity contribution is -0.163. The first-order valence-corrected chi connectivity index (χ1v) is 11.4. The number of carboxylic acids is 1. The number of carbonyl (C=O) groups excluding carboxylic acids is 2. The lowest BCUT2D eigenvalue weighted by Gasteiger charge is -2.14. The standard InChI is InChI=1S/C25H24F2N2O6/c26-25(27)19(20(25)22(30)29-35-21(23(31)32)13-9-10-13)11-28-24(33)34-12-18-16-7-3-1-5-14(16)15-6-2-4-8-17(15)18/h1-8,13,18-21H,9-12H2,(H,28,33)(H,29,30)(H,31,32)/t19-,20-,21?/m0/s1. The number of hydrogen-bond acceptors (Lipinski definition) is 5. The number of nitrogens with one attached hydrogen (secondary N) is 2. The zero-order valence-electron chi connectivity index (χ0n) is 18.6. The lowest BCUT2D eigenvalue weighted by Crippen LogP contribution is -2.37. The van der Waals surface area contributed by atoms with Crippen LogP contribution >= 0.6 is 0 Å². The van der Waals surface area contributed by atoms with E-state index in [-0.39, 0.29) is 18.4 Å². The number of amides is 2. The molecule has 3 aliphatic rings. The van der Waals surface area contributed by atoms with Crippen molar-refractivity contribution < 1.29 is 37.8 Å². The molecule has 2 amide bonds. The normalized spacial score (nSPS) is 22.5. The Labute approximate surface area is 199 Å². The van der Waals surface area contributed by atoms with Crippen LogP contribution < -0.4 is 10.8 Å². The third kappa shape index (κ3) is 4.45. The Kier molecular flexibility index (Phi) is 5.92. The summed E-state index contributed by atoms with van der Waals surface area (Å²) < 4.78 is 33.6. The number of hydroxylamine groups is 1. The van der Waals surface area contributed by atoms with Crippen LogP contribution in [0.3, 0.4) is 0 Å². The van der Waals surface area contributed by atoms with Crippen molar-refractivity contribution in [2.45, 2.75) is 30.8 Å². The first-order valence-electron chi connectivity index (χ1n) is 11.4. The van der Waals surface area contributed by atoms with Gasteiger partial charge in [0, 0.05) is 12.5 Å². The van der Waals surface area contributed by atoms with E-state index in [0.717, 1.165) is 22.3 Å². The molecule has 3 N–H and O–H groups in total. The molecule has 2 aromatic carbocycles. The van der Waals surface area contributed by atoms with Crippen molar-refractivity contribution in [2.75, 3.05) is 13.2 Å². The molecule has 0 aromatic heterocycles. The fraction of sp³-hybridized carbons (Fsp3) is 0.400. The molecule has 35 heavy (non-hydrogen) atoms. The van der Waals surface area contributed by atoms with Gasteiger partial charge in [-0.3, -0.25) is 9.63 Å². The average molecular weight is 486 g/mol. The van der Waals surface area contributed by atoms with Gasteiger partial charge in [0.25, 0.3) is 11.8 Å². The predicted molar refractivity (Wildman–Crippen MR) is 118 cm³/mol. The Balaban J connectivity index is 1.12. The molecule has 3 aliphatic carbocycles. The number of alkyl carbamates (subject to hydrolysis) is 1. The van der Waals surface area contributed by atoms with Crippen molar-refractivity contribution in [1.29, 1.82) is 0 Å². The maximum Gasteiger partial charge on any atom is 0.407 e. The van der Waals surface area contributed by atoms with Crippen LogP contribution in [0.5, 0.6) is 0 Å². The van der Waals surface area contributed by atoms with Crippen LogP contribution in [-0.2, 0) is 19.2 Å². The number of ether oxygens (including phenoxy) is 1. The second kappa shape index (κ2) is 8.92. The smallest absolute Gasteiger partial charge is 0.407 e. The third-order valence-electron chi connectivity index (χ3n) is 6.87. The Hall–Kier alpha value is -3.53. The highest BCUT2D eigenvalue weighted by Gasteiger charge is 2.72. The van der Waals surface area contributed by atoms with Crippen LogP contribution in [0.25, 0.3) is 11.1 Å². The fourth-order valence-corrected chi connectivity index (χ4v) is 4.78. The molecule has 184 valence electrons. The van der Waals surface area contributed by atoms with Crippen molar-refractivity contribution >= 4 is 18.0 Å². The molecule has 1 unspecified atom stereocenters. The van der Waals surface area contributed by atoms with Crippen molar-refractivity contribution in [3.05, 3.63) is 59.7 Å². The van der Waals surface area contributed by atoms with E-state index in [4.69, 9.17) is 14.7 Å². The van der Waals surface area contributed by atoms with E-state index in [0.29, 0.717) is 12.8 Å². The summed E-state index contributed by atoms with van der Waals surface area (Å²) in [7, 11) is 0. The number of halogens is 2. The van der Waals surface area contributed by atoms with Gasteiger partial charge in [0.2, 0.25) is 0 Å². The number of aliphatic carboxylic acids is 1. The quantitative estimate of drug-likeness (QED) is 0.469. The summed E-state index contributed by atoms with van der Waals surface area (Å²) in [5.74, 6) is -9.27. The van der Waals surface area contributed by atoms with Gasteiger partial charge in [-0.1, -0.05) is 48.5 Å². The van der Waals surface area contributed by atoms with Crippen molar-refractivity contribution in [1.82, 2.24) is 10.8 Å². The van der Waals surface area contributed by atoms with Gasteiger partial charge in [0.05, 0.1) is 5.92 Å². The first kappa shape index (κ1) is 23.2. The molecule has 0 aliphatic heterocycles. The van der Waals surface area contributed by atoms with Crippen LogP contribution in [0.4, 0.5) is 13.6 Å². The molecule has 3 atom stereocenters. The summed E-state index contributed by atoms with van der Waals surface area (Å²) >= 11 is 0. The lowest BCUT2D eigenvalue weighted by atomic mass is 9.98. The molecule has 8 nitrogen and oxygen atoms in total. The molecule has 0 heterocycles. The average Bonchev–Trinajstić information content (AvgIpc) is 3.73. The highest BCUT2D eigenvalue weighted by Crippen LogP contribution is 2.55. The summed E-state index contributed by atoms with van der Waals surface area (Å²) in [6.45, 7) is -0.427. The number of benzene rings is 2. The number of rotatable bonds is 9. The number of hydrogen-bond donors (Lipinski definition) is 3. The molecule has 0 saturated heterocycles. The molecule has 0 spiro atoms. The van der Waals surface area contributed by atoms with E-state index >= 15 is 0 Å². The Morgan fingerprint density at radius 3 is 2.20 bits per heavy atom. The molecule has 2 fully saturated rings. The first-order chi connectivity index (χ1) is 16.8. The van der Waals surface area contributed by atoms with E-state index in [1.54, 1.807) is 0 Å². The molecular weight excluding hydrogens is 462 g/mol. The van der Waals surface area contributed by atoms with Gasteiger partial charge < -0.3 is 15.2 Å². The van der Waals surface area contributed by atoms with Gasteiger partial charge in [-0.25, -0.2) is 23.9 Å².